The van der Waals surface area contributed by atoms with Crippen molar-refractivity contribution in [1.29, 1.82) is 0 Å². The van der Waals surface area contributed by atoms with Gasteiger partial charge in [0.1, 0.15) is 11.6 Å². The van der Waals surface area contributed by atoms with Crippen LogP contribution in [0.25, 0.3) is 0 Å². The molecule has 1 amide bonds. The topological polar surface area (TPSA) is 38.3 Å². The molecule has 1 N–H and O–H groups in total. The molecule has 0 fully saturated rings. The SMILES string of the molecule is COc1ccc(F)c(NC(=O)c2ccccc2Br)c1. The molecule has 98 valence electrons. The molecule has 2 aromatic carbocycles. The molecule has 0 aromatic heterocycles. The first-order valence-corrected chi connectivity index (χ1v) is 6.30. The Balaban J connectivity index is 2.26. The molecular weight excluding hydrogens is 313 g/mol. The fourth-order valence-corrected chi connectivity index (χ4v) is 2.03. The van der Waals surface area contributed by atoms with E-state index in [-0.39, 0.29) is 11.6 Å². The molecule has 0 aliphatic rings. The largest absolute Gasteiger partial charge is 0.497 e. The number of carbonyl (C=O) groups is 1. The van der Waals surface area contributed by atoms with Gasteiger partial charge in [-0.05, 0) is 40.2 Å². The Labute approximate surface area is 118 Å². The number of methoxy groups -OCH3 is 1. The Morgan fingerprint density at radius 2 is 2.00 bits per heavy atom. The maximum Gasteiger partial charge on any atom is 0.256 e. The maximum atomic E-state index is 13.6. The van der Waals surface area contributed by atoms with Gasteiger partial charge >= 0.3 is 0 Å². The van der Waals surface area contributed by atoms with Crippen molar-refractivity contribution in [2.75, 3.05) is 12.4 Å². The minimum absolute atomic E-state index is 0.0834. The number of nitrogens with one attached hydrogen (secondary N) is 1. The number of anilines is 1. The van der Waals surface area contributed by atoms with Crippen molar-refractivity contribution in [1.82, 2.24) is 0 Å². The van der Waals surface area contributed by atoms with Crippen molar-refractivity contribution < 1.29 is 13.9 Å². The molecule has 0 aliphatic carbocycles. The van der Waals surface area contributed by atoms with Crippen LogP contribution in [0.4, 0.5) is 10.1 Å². The van der Waals surface area contributed by atoms with Gasteiger partial charge in [0, 0.05) is 10.5 Å². The van der Waals surface area contributed by atoms with E-state index >= 15 is 0 Å². The van der Waals surface area contributed by atoms with E-state index < -0.39 is 5.82 Å². The van der Waals surface area contributed by atoms with Crippen molar-refractivity contribution in [3.63, 3.8) is 0 Å². The lowest BCUT2D eigenvalue weighted by atomic mass is 10.2. The number of amides is 1. The lowest BCUT2D eigenvalue weighted by Gasteiger charge is -2.09. The second-order valence-corrected chi connectivity index (χ2v) is 4.63. The molecule has 0 aliphatic heterocycles. The van der Waals surface area contributed by atoms with E-state index in [1.165, 1.54) is 25.3 Å². The zero-order chi connectivity index (χ0) is 13.8. The Morgan fingerprint density at radius 1 is 1.26 bits per heavy atom. The first-order chi connectivity index (χ1) is 9.11. The van der Waals surface area contributed by atoms with E-state index in [2.05, 4.69) is 21.2 Å². The molecule has 0 saturated carbocycles. The molecular formula is C14H11BrFNO2. The third kappa shape index (κ3) is 3.12. The van der Waals surface area contributed by atoms with Crippen LogP contribution in [0.3, 0.4) is 0 Å². The summed E-state index contributed by atoms with van der Waals surface area (Å²) in [5, 5.41) is 2.52. The first kappa shape index (κ1) is 13.5. The maximum absolute atomic E-state index is 13.6. The predicted molar refractivity (Wildman–Crippen MR) is 75.0 cm³/mol. The van der Waals surface area contributed by atoms with Crippen LogP contribution in [-0.4, -0.2) is 13.0 Å². The van der Waals surface area contributed by atoms with Crippen LogP contribution in [-0.2, 0) is 0 Å². The number of hydrogen-bond acceptors (Lipinski definition) is 2. The summed E-state index contributed by atoms with van der Waals surface area (Å²) in [6, 6.07) is 11.1. The van der Waals surface area contributed by atoms with E-state index in [1.807, 2.05) is 0 Å². The highest BCUT2D eigenvalue weighted by molar-refractivity contribution is 9.10. The standard InChI is InChI=1S/C14H11BrFNO2/c1-19-9-6-7-12(16)13(8-9)17-14(18)10-4-2-3-5-11(10)15/h2-8H,1H3,(H,17,18). The van der Waals surface area contributed by atoms with Crippen LogP contribution in [0.5, 0.6) is 5.75 Å². The van der Waals surface area contributed by atoms with Crippen molar-refractivity contribution in [3.05, 3.63) is 58.3 Å². The number of rotatable bonds is 3. The summed E-state index contributed by atoms with van der Waals surface area (Å²) >= 11 is 3.28. The normalized spacial score (nSPS) is 10.1. The molecule has 19 heavy (non-hydrogen) atoms. The quantitative estimate of drug-likeness (QED) is 0.931. The summed E-state index contributed by atoms with van der Waals surface area (Å²) in [5.41, 5.74) is 0.518. The Bertz CT molecular complexity index is 616. The van der Waals surface area contributed by atoms with Crippen LogP contribution in [0, 0.1) is 5.82 Å². The van der Waals surface area contributed by atoms with Crippen LogP contribution in [0.2, 0.25) is 0 Å². The molecule has 0 atom stereocenters. The Morgan fingerprint density at radius 3 is 2.68 bits per heavy atom. The van der Waals surface area contributed by atoms with Gasteiger partial charge < -0.3 is 10.1 Å². The molecule has 5 heteroatoms. The lowest BCUT2D eigenvalue weighted by molar-refractivity contribution is 0.102. The summed E-state index contributed by atoms with van der Waals surface area (Å²) < 4.78 is 19.2. The number of halogens is 2. The molecule has 0 bridgehead atoms. The predicted octanol–water partition coefficient (Wildman–Crippen LogP) is 3.85. The fraction of sp³-hybridized carbons (Fsp3) is 0.0714. The van der Waals surface area contributed by atoms with E-state index in [0.717, 1.165) is 0 Å². The van der Waals surface area contributed by atoms with Gasteiger partial charge in [-0.1, -0.05) is 12.1 Å². The number of benzene rings is 2. The van der Waals surface area contributed by atoms with Crippen LogP contribution in [0.1, 0.15) is 10.4 Å². The zero-order valence-electron chi connectivity index (χ0n) is 10.1. The number of hydrogen-bond donors (Lipinski definition) is 1. The molecule has 0 saturated heterocycles. The molecule has 0 unspecified atom stereocenters. The van der Waals surface area contributed by atoms with Crippen LogP contribution >= 0.6 is 15.9 Å². The van der Waals surface area contributed by atoms with Crippen LogP contribution in [0.15, 0.2) is 46.9 Å². The van der Waals surface area contributed by atoms with Gasteiger partial charge in [-0.3, -0.25) is 4.79 Å². The summed E-state index contributed by atoms with van der Waals surface area (Å²) in [6.45, 7) is 0. The number of carbonyl (C=O) groups excluding carboxylic acids is 1. The van der Waals surface area contributed by atoms with E-state index in [4.69, 9.17) is 4.74 Å². The highest BCUT2D eigenvalue weighted by Gasteiger charge is 2.12. The van der Waals surface area contributed by atoms with Gasteiger partial charge in [0.15, 0.2) is 0 Å². The average molecular weight is 324 g/mol. The van der Waals surface area contributed by atoms with Crippen molar-refractivity contribution in [2.45, 2.75) is 0 Å². The average Bonchev–Trinajstić information content (AvgIpc) is 2.41. The summed E-state index contributed by atoms with van der Waals surface area (Å²) in [6.07, 6.45) is 0. The Kier molecular flexibility index (Phi) is 4.16. The highest BCUT2D eigenvalue weighted by atomic mass is 79.9. The van der Waals surface area contributed by atoms with Gasteiger partial charge in [0.25, 0.3) is 5.91 Å². The fourth-order valence-electron chi connectivity index (χ4n) is 1.56. The molecule has 3 nitrogen and oxygen atoms in total. The second-order valence-electron chi connectivity index (χ2n) is 3.78. The third-order valence-corrected chi connectivity index (χ3v) is 3.23. The van der Waals surface area contributed by atoms with Crippen molar-refractivity contribution >= 4 is 27.5 Å². The lowest BCUT2D eigenvalue weighted by Crippen LogP contribution is -2.13. The molecule has 0 spiro atoms. The second kappa shape index (κ2) is 5.84. The number of ether oxygens (including phenoxy) is 1. The highest BCUT2D eigenvalue weighted by Crippen LogP contribution is 2.23. The monoisotopic (exact) mass is 323 g/mol. The third-order valence-electron chi connectivity index (χ3n) is 2.54. The van der Waals surface area contributed by atoms with Crippen molar-refractivity contribution in [2.24, 2.45) is 0 Å². The zero-order valence-corrected chi connectivity index (χ0v) is 11.7. The molecule has 0 radical (unpaired) electrons. The van der Waals surface area contributed by atoms with Gasteiger partial charge in [-0.25, -0.2) is 4.39 Å². The van der Waals surface area contributed by atoms with Gasteiger partial charge in [-0.15, -0.1) is 0 Å². The Hall–Kier alpha value is -1.88. The minimum atomic E-state index is -0.513. The van der Waals surface area contributed by atoms with Gasteiger partial charge in [0.2, 0.25) is 0 Å². The summed E-state index contributed by atoms with van der Waals surface area (Å²) in [4.78, 5) is 12.0. The van der Waals surface area contributed by atoms with E-state index in [9.17, 15) is 9.18 Å². The van der Waals surface area contributed by atoms with E-state index in [1.54, 1.807) is 24.3 Å². The van der Waals surface area contributed by atoms with Gasteiger partial charge in [0.05, 0.1) is 18.4 Å². The molecule has 0 heterocycles. The molecule has 2 aromatic rings. The first-order valence-electron chi connectivity index (χ1n) is 5.51. The summed E-state index contributed by atoms with van der Waals surface area (Å²) in [7, 11) is 1.48. The summed E-state index contributed by atoms with van der Waals surface area (Å²) in [5.74, 6) is -0.426. The van der Waals surface area contributed by atoms with Crippen molar-refractivity contribution in [3.8, 4) is 5.75 Å². The van der Waals surface area contributed by atoms with Crippen LogP contribution < -0.4 is 10.1 Å². The van der Waals surface area contributed by atoms with Gasteiger partial charge in [-0.2, -0.15) is 0 Å². The molecule has 2 rings (SSSR count). The van der Waals surface area contributed by atoms with E-state index in [0.29, 0.717) is 15.8 Å². The smallest absolute Gasteiger partial charge is 0.256 e. The minimum Gasteiger partial charge on any atom is -0.497 e.